The molecule has 1 unspecified atom stereocenters. The Morgan fingerprint density at radius 3 is 2.55 bits per heavy atom. The third-order valence-electron chi connectivity index (χ3n) is 5.12. The van der Waals surface area contributed by atoms with Gasteiger partial charge >= 0.3 is 12.1 Å². The third-order valence-corrected chi connectivity index (χ3v) is 5.12. The number of alkyl halides is 3. The van der Waals surface area contributed by atoms with Crippen LogP contribution in [-0.4, -0.2) is 89.8 Å². The first-order chi connectivity index (χ1) is 15.6. The van der Waals surface area contributed by atoms with Crippen molar-refractivity contribution in [2.24, 2.45) is 0 Å². The van der Waals surface area contributed by atoms with Crippen molar-refractivity contribution in [3.63, 3.8) is 0 Å². The molecule has 1 amide bonds. The number of anilines is 1. The normalized spacial score (nSPS) is 21.2. The van der Waals surface area contributed by atoms with Crippen LogP contribution in [0.5, 0.6) is 0 Å². The maximum absolute atomic E-state index is 12.9. The van der Waals surface area contributed by atoms with Gasteiger partial charge in [-0.2, -0.15) is 13.2 Å². The van der Waals surface area contributed by atoms with Gasteiger partial charge < -0.3 is 28.9 Å². The molecule has 1 atom stereocenters. The summed E-state index contributed by atoms with van der Waals surface area (Å²) in [5.74, 6) is -2.30. The standard InChI is InChI=1S/C18H22N4O4.C2HF3O2/c1-14-16(10-20-26-14)17(23)22-6-8-25-18(12-22)11-21(5-7-24-13-18)15-3-2-4-19-9-15;3-2(4,5)1(6)7/h2-4,9-10H,5-8,11-13H2,1H3;(H,6,7). The molecule has 0 bridgehead atoms. The molecule has 2 fully saturated rings. The van der Waals surface area contributed by atoms with Crippen LogP contribution in [0.2, 0.25) is 0 Å². The molecule has 33 heavy (non-hydrogen) atoms. The average Bonchev–Trinajstić information content (AvgIpc) is 3.11. The summed E-state index contributed by atoms with van der Waals surface area (Å²) in [5.41, 5.74) is 0.964. The van der Waals surface area contributed by atoms with Gasteiger partial charge in [-0.25, -0.2) is 4.79 Å². The lowest BCUT2D eigenvalue weighted by molar-refractivity contribution is -0.192. The maximum atomic E-state index is 12.9. The predicted molar refractivity (Wildman–Crippen MR) is 107 cm³/mol. The zero-order valence-electron chi connectivity index (χ0n) is 17.7. The van der Waals surface area contributed by atoms with Gasteiger partial charge in [-0.15, -0.1) is 0 Å². The SMILES string of the molecule is Cc1oncc1C(=O)N1CCOC2(COCCN(c3cccnc3)C2)C1.O=C(O)C(F)(F)F. The van der Waals surface area contributed by atoms with Gasteiger partial charge in [-0.05, 0) is 19.1 Å². The van der Waals surface area contributed by atoms with Crippen molar-refractivity contribution in [2.75, 3.05) is 50.9 Å². The van der Waals surface area contributed by atoms with Crippen molar-refractivity contribution >= 4 is 17.6 Å². The average molecular weight is 472 g/mol. The number of hydrogen-bond acceptors (Lipinski definition) is 8. The molecule has 2 aliphatic heterocycles. The molecule has 2 aliphatic rings. The monoisotopic (exact) mass is 472 g/mol. The van der Waals surface area contributed by atoms with Crippen LogP contribution < -0.4 is 4.90 Å². The predicted octanol–water partition coefficient (Wildman–Crippen LogP) is 1.76. The molecule has 13 heteroatoms. The Hall–Kier alpha value is -3.19. The number of pyridine rings is 1. The van der Waals surface area contributed by atoms with E-state index < -0.39 is 17.7 Å². The number of ether oxygens (including phenoxy) is 2. The third kappa shape index (κ3) is 6.20. The topological polar surface area (TPSA) is 118 Å². The fraction of sp³-hybridized carbons (Fsp3) is 0.500. The fourth-order valence-electron chi connectivity index (χ4n) is 3.54. The lowest BCUT2D eigenvalue weighted by Gasteiger charge is -2.43. The van der Waals surface area contributed by atoms with Crippen LogP contribution in [0.1, 0.15) is 16.1 Å². The van der Waals surface area contributed by atoms with Gasteiger partial charge in [0.1, 0.15) is 16.9 Å². The fourth-order valence-corrected chi connectivity index (χ4v) is 3.54. The number of nitrogens with zero attached hydrogens (tertiary/aromatic N) is 4. The smallest absolute Gasteiger partial charge is 0.475 e. The Bertz CT molecular complexity index is 955. The number of morpholine rings is 1. The minimum absolute atomic E-state index is 0.0800. The minimum Gasteiger partial charge on any atom is -0.475 e. The Balaban J connectivity index is 0.000000383. The first-order valence-electron chi connectivity index (χ1n) is 9.99. The number of aromatic nitrogens is 2. The Morgan fingerprint density at radius 1 is 1.18 bits per heavy atom. The number of carbonyl (C=O) groups excluding carboxylic acids is 1. The molecule has 2 aromatic rings. The Kier molecular flexibility index (Phi) is 7.53. The van der Waals surface area contributed by atoms with Gasteiger partial charge in [-0.3, -0.25) is 9.78 Å². The lowest BCUT2D eigenvalue weighted by atomic mass is 10.0. The van der Waals surface area contributed by atoms with Gasteiger partial charge in [0.2, 0.25) is 0 Å². The number of hydrogen-bond donors (Lipinski definition) is 1. The summed E-state index contributed by atoms with van der Waals surface area (Å²) >= 11 is 0. The van der Waals surface area contributed by atoms with Gasteiger partial charge in [-0.1, -0.05) is 5.16 Å². The molecule has 180 valence electrons. The number of aliphatic carboxylic acids is 1. The summed E-state index contributed by atoms with van der Waals surface area (Å²) in [6.07, 6.45) is -0.0109. The second-order valence-corrected chi connectivity index (χ2v) is 7.54. The van der Waals surface area contributed by atoms with Crippen molar-refractivity contribution in [1.82, 2.24) is 15.0 Å². The Labute approximate surface area is 186 Å². The van der Waals surface area contributed by atoms with E-state index in [4.69, 9.17) is 23.9 Å². The summed E-state index contributed by atoms with van der Waals surface area (Å²) in [6.45, 7) is 5.69. The highest BCUT2D eigenvalue weighted by Gasteiger charge is 2.42. The molecular formula is C20H23F3N4O6. The van der Waals surface area contributed by atoms with E-state index in [1.165, 1.54) is 6.20 Å². The molecule has 2 saturated heterocycles. The van der Waals surface area contributed by atoms with Crippen molar-refractivity contribution in [3.8, 4) is 0 Å². The Morgan fingerprint density at radius 2 is 1.94 bits per heavy atom. The molecule has 4 heterocycles. The lowest BCUT2D eigenvalue weighted by Crippen LogP contribution is -2.60. The second kappa shape index (κ2) is 10.2. The summed E-state index contributed by atoms with van der Waals surface area (Å²) in [7, 11) is 0. The van der Waals surface area contributed by atoms with E-state index in [-0.39, 0.29) is 5.91 Å². The zero-order valence-corrected chi connectivity index (χ0v) is 17.7. The van der Waals surface area contributed by atoms with Crippen LogP contribution in [0.4, 0.5) is 18.9 Å². The summed E-state index contributed by atoms with van der Waals surface area (Å²) in [6, 6.07) is 3.94. The van der Waals surface area contributed by atoms with Crippen molar-refractivity contribution in [2.45, 2.75) is 18.7 Å². The number of rotatable bonds is 2. The molecule has 0 saturated carbocycles. The molecule has 10 nitrogen and oxygen atoms in total. The van der Waals surface area contributed by atoms with Crippen LogP contribution in [0.3, 0.4) is 0 Å². The van der Waals surface area contributed by atoms with E-state index in [9.17, 15) is 18.0 Å². The molecule has 2 aromatic heterocycles. The number of amides is 1. The highest BCUT2D eigenvalue weighted by atomic mass is 19.4. The number of halogens is 3. The van der Waals surface area contributed by atoms with Gasteiger partial charge in [0, 0.05) is 19.3 Å². The van der Waals surface area contributed by atoms with Gasteiger partial charge in [0.05, 0.1) is 51.0 Å². The van der Waals surface area contributed by atoms with E-state index in [0.717, 1.165) is 12.2 Å². The summed E-state index contributed by atoms with van der Waals surface area (Å²) in [4.78, 5) is 30.0. The van der Waals surface area contributed by atoms with Crippen LogP contribution in [0.15, 0.2) is 35.2 Å². The van der Waals surface area contributed by atoms with E-state index in [1.807, 2.05) is 18.3 Å². The van der Waals surface area contributed by atoms with E-state index >= 15 is 0 Å². The first-order valence-corrected chi connectivity index (χ1v) is 9.99. The molecular weight excluding hydrogens is 449 g/mol. The van der Waals surface area contributed by atoms with Crippen LogP contribution in [0, 0.1) is 6.92 Å². The molecule has 0 aliphatic carbocycles. The number of carbonyl (C=O) groups is 2. The summed E-state index contributed by atoms with van der Waals surface area (Å²) < 4.78 is 48.7. The van der Waals surface area contributed by atoms with E-state index in [2.05, 4.69) is 15.0 Å². The van der Waals surface area contributed by atoms with Crippen LogP contribution in [0.25, 0.3) is 0 Å². The second-order valence-electron chi connectivity index (χ2n) is 7.54. The highest BCUT2D eigenvalue weighted by Crippen LogP contribution is 2.26. The van der Waals surface area contributed by atoms with Crippen molar-refractivity contribution in [1.29, 1.82) is 0 Å². The molecule has 0 aromatic carbocycles. The number of carboxylic acid groups (broad SMARTS) is 1. The van der Waals surface area contributed by atoms with Crippen LogP contribution >= 0.6 is 0 Å². The molecule has 1 N–H and O–H groups in total. The van der Waals surface area contributed by atoms with Gasteiger partial charge in [0.15, 0.2) is 0 Å². The largest absolute Gasteiger partial charge is 0.490 e. The quantitative estimate of drug-likeness (QED) is 0.697. The van der Waals surface area contributed by atoms with E-state index in [1.54, 1.807) is 18.0 Å². The van der Waals surface area contributed by atoms with E-state index in [0.29, 0.717) is 50.8 Å². The van der Waals surface area contributed by atoms with Crippen molar-refractivity contribution in [3.05, 3.63) is 42.0 Å². The summed E-state index contributed by atoms with van der Waals surface area (Å²) in [5, 5.41) is 10.8. The van der Waals surface area contributed by atoms with Crippen molar-refractivity contribution < 1.29 is 41.9 Å². The highest BCUT2D eigenvalue weighted by molar-refractivity contribution is 5.94. The molecule has 0 radical (unpaired) electrons. The maximum Gasteiger partial charge on any atom is 0.490 e. The van der Waals surface area contributed by atoms with Crippen LogP contribution in [-0.2, 0) is 14.3 Å². The number of carboxylic acids is 1. The number of aryl methyl sites for hydroxylation is 1. The molecule has 1 spiro atoms. The minimum atomic E-state index is -5.08. The molecule has 4 rings (SSSR count). The first kappa shape index (κ1) is 24.5. The zero-order chi connectivity index (χ0) is 24.1. The van der Waals surface area contributed by atoms with Gasteiger partial charge in [0.25, 0.3) is 5.91 Å².